The highest BCUT2D eigenvalue weighted by Crippen LogP contribution is 2.31. The molecule has 0 aromatic heterocycles. The van der Waals surface area contributed by atoms with Crippen LogP contribution in [0.25, 0.3) is 0 Å². The molecule has 17 heavy (non-hydrogen) atoms. The van der Waals surface area contributed by atoms with Crippen molar-refractivity contribution in [2.75, 3.05) is 18.8 Å². The van der Waals surface area contributed by atoms with Gasteiger partial charge in [-0.05, 0) is 38.8 Å². The number of aromatic hydroxyl groups is 1. The molecule has 4 nitrogen and oxygen atoms in total. The lowest BCUT2D eigenvalue weighted by Gasteiger charge is -2.21. The van der Waals surface area contributed by atoms with Gasteiger partial charge in [0.25, 0.3) is 5.91 Å². The molecular weight excluding hydrogens is 216 g/mol. The standard InChI is InChI=1S/C13H20N2O2/c1-5-15(6-2)13(17)10-8(3)7-9(4)12(16)11(10)14/h7,16H,5-6,14H2,1-4H3. The number of hydrogen-bond donors (Lipinski definition) is 2. The maximum Gasteiger partial charge on any atom is 0.256 e. The first-order chi connectivity index (χ1) is 7.93. The maximum atomic E-state index is 12.2. The van der Waals surface area contributed by atoms with Crippen molar-refractivity contribution < 1.29 is 9.90 Å². The molecule has 0 heterocycles. The van der Waals surface area contributed by atoms with E-state index in [1.807, 2.05) is 20.8 Å². The summed E-state index contributed by atoms with van der Waals surface area (Å²) in [5.41, 5.74) is 7.92. The molecule has 0 atom stereocenters. The Kier molecular flexibility index (Phi) is 3.99. The number of nitrogens with zero attached hydrogens (tertiary/aromatic N) is 1. The predicted octanol–water partition coefficient (Wildman–Crippen LogP) is 2.07. The zero-order valence-corrected chi connectivity index (χ0v) is 10.9. The molecule has 0 unspecified atom stereocenters. The number of phenols is 1. The Bertz CT molecular complexity index is 438. The number of hydrogen-bond acceptors (Lipinski definition) is 3. The van der Waals surface area contributed by atoms with Gasteiger partial charge in [-0.2, -0.15) is 0 Å². The van der Waals surface area contributed by atoms with Crippen LogP contribution in [0.5, 0.6) is 5.75 Å². The first kappa shape index (κ1) is 13.4. The monoisotopic (exact) mass is 236 g/mol. The summed E-state index contributed by atoms with van der Waals surface area (Å²) in [6.45, 7) is 8.69. The minimum Gasteiger partial charge on any atom is -0.505 e. The van der Waals surface area contributed by atoms with Crippen LogP contribution in [0.2, 0.25) is 0 Å². The summed E-state index contributed by atoms with van der Waals surface area (Å²) in [7, 11) is 0. The van der Waals surface area contributed by atoms with E-state index >= 15 is 0 Å². The van der Waals surface area contributed by atoms with E-state index in [1.165, 1.54) is 0 Å². The van der Waals surface area contributed by atoms with E-state index in [9.17, 15) is 9.90 Å². The molecule has 94 valence electrons. The summed E-state index contributed by atoms with van der Waals surface area (Å²) in [4.78, 5) is 13.9. The van der Waals surface area contributed by atoms with E-state index in [4.69, 9.17) is 5.73 Å². The zero-order valence-electron chi connectivity index (χ0n) is 10.9. The van der Waals surface area contributed by atoms with Crippen LogP contribution in [0, 0.1) is 13.8 Å². The molecule has 1 rings (SSSR count). The van der Waals surface area contributed by atoms with E-state index in [2.05, 4.69) is 0 Å². The summed E-state index contributed by atoms with van der Waals surface area (Å²) in [5, 5.41) is 9.79. The van der Waals surface area contributed by atoms with Crippen molar-refractivity contribution in [1.82, 2.24) is 4.90 Å². The zero-order chi connectivity index (χ0) is 13.2. The van der Waals surface area contributed by atoms with E-state index in [0.717, 1.165) is 5.56 Å². The highest BCUT2D eigenvalue weighted by Gasteiger charge is 2.21. The molecule has 0 radical (unpaired) electrons. The quantitative estimate of drug-likeness (QED) is 0.623. The second-order valence-corrected chi connectivity index (χ2v) is 4.13. The second-order valence-electron chi connectivity index (χ2n) is 4.13. The van der Waals surface area contributed by atoms with Gasteiger partial charge in [0, 0.05) is 13.1 Å². The Morgan fingerprint density at radius 2 is 1.82 bits per heavy atom. The van der Waals surface area contributed by atoms with Gasteiger partial charge in [0.15, 0.2) is 0 Å². The van der Waals surface area contributed by atoms with Crippen LogP contribution in [0.1, 0.15) is 35.3 Å². The van der Waals surface area contributed by atoms with E-state index in [-0.39, 0.29) is 17.3 Å². The molecule has 1 aromatic rings. The van der Waals surface area contributed by atoms with Gasteiger partial charge >= 0.3 is 0 Å². The van der Waals surface area contributed by atoms with Crippen molar-refractivity contribution in [2.24, 2.45) is 0 Å². The van der Waals surface area contributed by atoms with Gasteiger partial charge in [0.1, 0.15) is 5.75 Å². The predicted molar refractivity (Wildman–Crippen MR) is 69.2 cm³/mol. The Morgan fingerprint density at radius 1 is 1.29 bits per heavy atom. The average molecular weight is 236 g/mol. The number of benzene rings is 1. The molecule has 1 amide bonds. The van der Waals surface area contributed by atoms with Gasteiger partial charge < -0.3 is 15.7 Å². The van der Waals surface area contributed by atoms with Crippen LogP contribution in [0.3, 0.4) is 0 Å². The summed E-state index contributed by atoms with van der Waals surface area (Å²) < 4.78 is 0. The molecule has 0 saturated heterocycles. The lowest BCUT2D eigenvalue weighted by atomic mass is 10.0. The molecule has 1 aromatic carbocycles. The Morgan fingerprint density at radius 3 is 2.29 bits per heavy atom. The minimum absolute atomic E-state index is 0.00565. The van der Waals surface area contributed by atoms with Gasteiger partial charge in [-0.3, -0.25) is 4.79 Å². The first-order valence-corrected chi connectivity index (χ1v) is 5.81. The van der Waals surface area contributed by atoms with Crippen molar-refractivity contribution in [2.45, 2.75) is 27.7 Å². The number of nitrogens with two attached hydrogens (primary N) is 1. The van der Waals surface area contributed by atoms with Crippen LogP contribution >= 0.6 is 0 Å². The van der Waals surface area contributed by atoms with Crippen molar-refractivity contribution in [1.29, 1.82) is 0 Å². The number of carbonyl (C=O) groups excluding carboxylic acids is 1. The first-order valence-electron chi connectivity index (χ1n) is 5.81. The largest absolute Gasteiger partial charge is 0.505 e. The third kappa shape index (κ3) is 2.35. The summed E-state index contributed by atoms with van der Waals surface area (Å²) in [6.07, 6.45) is 0. The maximum absolute atomic E-state index is 12.2. The van der Waals surface area contributed by atoms with Gasteiger partial charge in [-0.15, -0.1) is 0 Å². The van der Waals surface area contributed by atoms with E-state index in [0.29, 0.717) is 24.2 Å². The SMILES string of the molecule is CCN(CC)C(=O)c1c(C)cc(C)c(O)c1N. The third-order valence-electron chi connectivity index (χ3n) is 2.99. The molecule has 0 aliphatic carbocycles. The van der Waals surface area contributed by atoms with E-state index in [1.54, 1.807) is 17.9 Å². The molecular formula is C13H20N2O2. The van der Waals surface area contributed by atoms with Crippen LogP contribution in [-0.2, 0) is 0 Å². The second kappa shape index (κ2) is 5.08. The topological polar surface area (TPSA) is 66.6 Å². The molecule has 4 heteroatoms. The van der Waals surface area contributed by atoms with Crippen molar-refractivity contribution >= 4 is 11.6 Å². The Balaban J connectivity index is 3.32. The Labute approximate surface area is 102 Å². The fraction of sp³-hybridized carbons (Fsp3) is 0.462. The summed E-state index contributed by atoms with van der Waals surface area (Å²) >= 11 is 0. The number of anilines is 1. The number of amides is 1. The van der Waals surface area contributed by atoms with E-state index < -0.39 is 0 Å². The molecule has 0 spiro atoms. The van der Waals surface area contributed by atoms with Gasteiger partial charge in [0.05, 0.1) is 11.3 Å². The molecule has 0 fully saturated rings. The minimum atomic E-state index is -0.125. The highest BCUT2D eigenvalue weighted by molar-refractivity contribution is 6.02. The lowest BCUT2D eigenvalue weighted by molar-refractivity contribution is 0.0773. The molecule has 0 aliphatic rings. The summed E-state index contributed by atoms with van der Waals surface area (Å²) in [5.74, 6) is -0.119. The van der Waals surface area contributed by atoms with Crippen molar-refractivity contribution in [3.63, 3.8) is 0 Å². The average Bonchev–Trinajstić information content (AvgIpc) is 2.28. The fourth-order valence-electron chi connectivity index (χ4n) is 1.96. The fourth-order valence-corrected chi connectivity index (χ4v) is 1.96. The highest BCUT2D eigenvalue weighted by atomic mass is 16.3. The number of carbonyl (C=O) groups is 1. The number of aryl methyl sites for hydroxylation is 2. The molecule has 0 saturated carbocycles. The van der Waals surface area contributed by atoms with Crippen LogP contribution in [-0.4, -0.2) is 29.0 Å². The number of phenolic OH excluding ortho intramolecular Hbond substituents is 1. The van der Waals surface area contributed by atoms with Crippen molar-refractivity contribution in [3.05, 3.63) is 22.8 Å². The number of nitrogen functional groups attached to an aromatic ring is 1. The van der Waals surface area contributed by atoms with Gasteiger partial charge in [0.2, 0.25) is 0 Å². The van der Waals surface area contributed by atoms with Crippen LogP contribution in [0.4, 0.5) is 5.69 Å². The molecule has 0 aliphatic heterocycles. The molecule has 3 N–H and O–H groups in total. The molecule has 0 bridgehead atoms. The third-order valence-corrected chi connectivity index (χ3v) is 2.99. The van der Waals surface area contributed by atoms with Gasteiger partial charge in [-0.25, -0.2) is 0 Å². The summed E-state index contributed by atoms with van der Waals surface area (Å²) in [6, 6.07) is 1.78. The smallest absolute Gasteiger partial charge is 0.256 e. The lowest BCUT2D eigenvalue weighted by Crippen LogP contribution is -2.31. The van der Waals surface area contributed by atoms with Crippen molar-refractivity contribution in [3.8, 4) is 5.75 Å². The Hall–Kier alpha value is -1.71. The normalized spacial score (nSPS) is 10.4. The van der Waals surface area contributed by atoms with Gasteiger partial charge in [-0.1, -0.05) is 6.07 Å². The van der Waals surface area contributed by atoms with Crippen LogP contribution in [0.15, 0.2) is 6.07 Å². The van der Waals surface area contributed by atoms with Crippen LogP contribution < -0.4 is 5.73 Å². The number of rotatable bonds is 3.